The smallest absolute Gasteiger partial charge is 0.408 e. The van der Waals surface area contributed by atoms with Gasteiger partial charge >= 0.3 is 18.0 Å². The first-order valence-electron chi connectivity index (χ1n) is 16.7. The average Bonchev–Trinajstić information content (AvgIpc) is 3.68. The van der Waals surface area contributed by atoms with Crippen LogP contribution >= 0.6 is 0 Å². The Labute approximate surface area is 298 Å². The Bertz CT molecular complexity index is 1910. The molecule has 0 spiro atoms. The normalized spacial score (nSPS) is 14.0. The summed E-state index contributed by atoms with van der Waals surface area (Å²) in [7, 11) is 1.19. The minimum Gasteiger partial charge on any atom is -0.480 e. The molecule has 0 saturated carbocycles. The van der Waals surface area contributed by atoms with E-state index in [-0.39, 0.29) is 56.5 Å². The average molecular weight is 714 g/mol. The number of para-hydroxylation sites is 1. The van der Waals surface area contributed by atoms with Crippen molar-refractivity contribution in [2.75, 3.05) is 13.7 Å². The Hall–Kier alpha value is -6.09. The van der Waals surface area contributed by atoms with Crippen molar-refractivity contribution in [3.8, 4) is 0 Å². The summed E-state index contributed by atoms with van der Waals surface area (Å²) in [6.45, 7) is 0.161. The van der Waals surface area contributed by atoms with Crippen molar-refractivity contribution in [3.63, 3.8) is 0 Å². The first kappa shape index (κ1) is 37.2. The number of fused-ring (bicyclic) bond motifs is 2. The number of carboxylic acid groups (broad SMARTS) is 1. The van der Waals surface area contributed by atoms with Crippen LogP contribution in [0.1, 0.15) is 63.4 Å². The van der Waals surface area contributed by atoms with E-state index in [0.29, 0.717) is 40.6 Å². The van der Waals surface area contributed by atoms with Crippen molar-refractivity contribution in [2.45, 2.75) is 63.3 Å². The number of rotatable bonds is 17. The van der Waals surface area contributed by atoms with E-state index in [1.807, 2.05) is 6.07 Å². The number of hydrogen-bond acceptors (Lipinski definition) is 11. The molecular weight excluding hydrogens is 674 g/mol. The SMILES string of the molecule is COC(=O)[C@H](CCc1nc2c(C[C@H](NC(=O)OCc3ccccc3)C(=O)O)cccc2o1)NC(=O)[C@@H](N)CCCCN1C(=O)c2ccccc2C1=O. The molecule has 0 unspecified atom stereocenters. The number of hydrogen-bond donors (Lipinski definition) is 4. The van der Waals surface area contributed by atoms with E-state index in [2.05, 4.69) is 15.6 Å². The molecule has 5 rings (SSSR count). The maximum absolute atomic E-state index is 12.9. The summed E-state index contributed by atoms with van der Waals surface area (Å²) in [6.07, 6.45) is 0.290. The van der Waals surface area contributed by atoms with Gasteiger partial charge in [-0.15, -0.1) is 0 Å². The van der Waals surface area contributed by atoms with Gasteiger partial charge < -0.3 is 35.4 Å². The third-order valence-corrected chi connectivity index (χ3v) is 8.58. The van der Waals surface area contributed by atoms with Crippen LogP contribution < -0.4 is 16.4 Å². The van der Waals surface area contributed by atoms with E-state index in [0.717, 1.165) is 5.56 Å². The predicted molar refractivity (Wildman–Crippen MR) is 185 cm³/mol. The fourth-order valence-corrected chi connectivity index (χ4v) is 5.80. The van der Waals surface area contributed by atoms with Crippen LogP contribution in [0.4, 0.5) is 4.79 Å². The number of benzene rings is 3. The van der Waals surface area contributed by atoms with Crippen LogP contribution in [0.2, 0.25) is 0 Å². The summed E-state index contributed by atoms with van der Waals surface area (Å²) in [5.74, 6) is -3.02. The van der Waals surface area contributed by atoms with Crippen LogP contribution in [-0.2, 0) is 43.3 Å². The van der Waals surface area contributed by atoms with Gasteiger partial charge in [0.1, 0.15) is 24.2 Å². The number of oxazole rings is 1. The van der Waals surface area contributed by atoms with Crippen molar-refractivity contribution < 1.29 is 47.8 Å². The van der Waals surface area contributed by atoms with Crippen molar-refractivity contribution in [1.29, 1.82) is 0 Å². The van der Waals surface area contributed by atoms with Crippen LogP contribution in [0.25, 0.3) is 11.1 Å². The molecule has 52 heavy (non-hydrogen) atoms. The molecule has 0 saturated heterocycles. The lowest BCUT2D eigenvalue weighted by molar-refractivity contribution is -0.145. The number of nitrogens with one attached hydrogen (secondary N) is 2. The van der Waals surface area contributed by atoms with Crippen LogP contribution in [0.15, 0.2) is 77.2 Å². The Balaban J connectivity index is 1.12. The number of nitrogens with two attached hydrogens (primary N) is 1. The highest BCUT2D eigenvalue weighted by atomic mass is 16.5. The Morgan fingerprint density at radius 1 is 0.885 bits per heavy atom. The van der Waals surface area contributed by atoms with E-state index >= 15 is 0 Å². The van der Waals surface area contributed by atoms with Gasteiger partial charge in [-0.25, -0.2) is 19.4 Å². The van der Waals surface area contributed by atoms with Crippen molar-refractivity contribution in [3.05, 3.63) is 101 Å². The summed E-state index contributed by atoms with van der Waals surface area (Å²) in [4.78, 5) is 80.8. The number of amides is 4. The molecule has 1 aliphatic rings. The van der Waals surface area contributed by atoms with Gasteiger partial charge in [-0.2, -0.15) is 0 Å². The monoisotopic (exact) mass is 713 g/mol. The quantitative estimate of drug-likeness (QED) is 0.0705. The number of ether oxygens (including phenoxy) is 2. The van der Waals surface area contributed by atoms with Gasteiger partial charge in [-0.3, -0.25) is 19.3 Å². The molecule has 0 aliphatic carbocycles. The highest BCUT2D eigenvalue weighted by Crippen LogP contribution is 2.24. The molecule has 3 aromatic carbocycles. The number of aromatic nitrogens is 1. The first-order chi connectivity index (χ1) is 25.0. The Morgan fingerprint density at radius 3 is 2.25 bits per heavy atom. The van der Waals surface area contributed by atoms with Crippen molar-refractivity contribution >= 4 is 46.9 Å². The third-order valence-electron chi connectivity index (χ3n) is 8.58. The highest BCUT2D eigenvalue weighted by Gasteiger charge is 2.34. The second-order valence-corrected chi connectivity index (χ2v) is 12.2. The largest absolute Gasteiger partial charge is 0.480 e. The van der Waals surface area contributed by atoms with Gasteiger partial charge in [-0.05, 0) is 55.0 Å². The van der Waals surface area contributed by atoms with E-state index in [9.17, 15) is 33.9 Å². The molecule has 15 heteroatoms. The maximum Gasteiger partial charge on any atom is 0.408 e. The van der Waals surface area contributed by atoms with E-state index in [1.165, 1.54) is 12.0 Å². The second-order valence-electron chi connectivity index (χ2n) is 12.2. The number of imide groups is 1. The number of aryl methyl sites for hydroxylation is 1. The lowest BCUT2D eigenvalue weighted by atomic mass is 10.0. The summed E-state index contributed by atoms with van der Waals surface area (Å²) >= 11 is 0. The minimum atomic E-state index is -1.32. The van der Waals surface area contributed by atoms with Gasteiger partial charge in [0.25, 0.3) is 11.8 Å². The second kappa shape index (κ2) is 17.2. The lowest BCUT2D eigenvalue weighted by Crippen LogP contribution is -2.49. The number of alkyl carbamates (subject to hydrolysis) is 1. The predicted octanol–water partition coefficient (Wildman–Crippen LogP) is 3.13. The molecule has 272 valence electrons. The minimum absolute atomic E-state index is 0.0264. The van der Waals surface area contributed by atoms with Crippen molar-refractivity contribution in [1.82, 2.24) is 20.5 Å². The zero-order valence-electron chi connectivity index (χ0n) is 28.4. The van der Waals surface area contributed by atoms with Crippen LogP contribution in [0.5, 0.6) is 0 Å². The molecule has 1 aromatic heterocycles. The molecule has 3 atom stereocenters. The fourth-order valence-electron chi connectivity index (χ4n) is 5.80. The zero-order valence-corrected chi connectivity index (χ0v) is 28.4. The lowest BCUT2D eigenvalue weighted by Gasteiger charge is -2.19. The third kappa shape index (κ3) is 9.17. The molecule has 15 nitrogen and oxygen atoms in total. The summed E-state index contributed by atoms with van der Waals surface area (Å²) < 4.78 is 15.9. The van der Waals surface area contributed by atoms with E-state index in [4.69, 9.17) is 19.6 Å². The molecule has 5 N–H and O–H groups in total. The number of esters is 1. The van der Waals surface area contributed by atoms with Gasteiger partial charge in [0.05, 0.1) is 24.3 Å². The Morgan fingerprint density at radius 2 is 1.58 bits per heavy atom. The number of carbonyl (C=O) groups is 6. The molecule has 4 aromatic rings. The first-order valence-corrected chi connectivity index (χ1v) is 16.7. The number of aliphatic carboxylic acids is 1. The van der Waals surface area contributed by atoms with Crippen LogP contribution in [0, 0.1) is 0 Å². The van der Waals surface area contributed by atoms with Gasteiger partial charge in [0.15, 0.2) is 11.5 Å². The number of carbonyl (C=O) groups excluding carboxylic acids is 5. The maximum atomic E-state index is 12.9. The van der Waals surface area contributed by atoms with Crippen molar-refractivity contribution in [2.24, 2.45) is 5.73 Å². The summed E-state index contributed by atoms with van der Waals surface area (Å²) in [5.41, 5.74) is 8.84. The molecule has 0 radical (unpaired) electrons. The molecule has 0 bridgehead atoms. The number of methoxy groups -OCH3 is 1. The standard InChI is InChI=1S/C37H39N5O10/c1-50-36(48)27(39-32(43)26(38)15-7-8-19-42-33(44)24-13-5-6-14-25(24)34(42)45)17-18-30-41-31-23(12-9-16-29(31)52-30)20-28(35(46)47)40-37(49)51-21-22-10-3-2-4-11-22/h2-6,9-14,16,26-28H,7-8,15,17-21,38H2,1H3,(H,39,43)(H,40,49)(H,46,47)/t26-,27-,28-/m0/s1. The van der Waals surface area contributed by atoms with Gasteiger partial charge in [0.2, 0.25) is 5.91 Å². The number of nitrogens with zero attached hydrogens (tertiary/aromatic N) is 2. The van der Waals surface area contributed by atoms with Crippen LogP contribution in [-0.4, -0.2) is 82.5 Å². The summed E-state index contributed by atoms with van der Waals surface area (Å²) in [6, 6.07) is 17.2. The van der Waals surface area contributed by atoms with Gasteiger partial charge in [0, 0.05) is 19.4 Å². The van der Waals surface area contributed by atoms with E-state index < -0.39 is 42.1 Å². The zero-order chi connectivity index (χ0) is 37.2. The Kier molecular flexibility index (Phi) is 12.3. The molecule has 2 heterocycles. The number of carboxylic acids is 1. The molecular formula is C37H39N5O10. The van der Waals surface area contributed by atoms with E-state index in [1.54, 1.807) is 66.7 Å². The topological polar surface area (TPSA) is 220 Å². The molecule has 0 fully saturated rings. The van der Waals surface area contributed by atoms with Gasteiger partial charge in [-0.1, -0.05) is 54.6 Å². The number of unbranched alkanes of at least 4 members (excludes halogenated alkanes) is 1. The van der Waals surface area contributed by atoms with Crippen LogP contribution in [0.3, 0.4) is 0 Å². The molecule has 4 amide bonds. The summed E-state index contributed by atoms with van der Waals surface area (Å²) in [5, 5.41) is 14.8. The molecule has 1 aliphatic heterocycles. The fraction of sp³-hybridized carbons (Fsp3) is 0.324. The highest BCUT2D eigenvalue weighted by molar-refractivity contribution is 6.21.